The van der Waals surface area contributed by atoms with Crippen molar-refractivity contribution >= 4 is 29.4 Å². The number of hydrogen-bond donors (Lipinski definition) is 2. The molecule has 1 aromatic carbocycles. The van der Waals surface area contributed by atoms with Gasteiger partial charge in [-0.15, -0.1) is 11.8 Å². The Morgan fingerprint density at radius 3 is 2.58 bits per heavy atom. The van der Waals surface area contributed by atoms with Crippen LogP contribution in [0.15, 0.2) is 17.0 Å². The highest BCUT2D eigenvalue weighted by molar-refractivity contribution is 7.98. The Kier molecular flexibility index (Phi) is 2.60. The quantitative estimate of drug-likeness (QED) is 0.412. The van der Waals surface area contributed by atoms with E-state index in [9.17, 15) is 4.79 Å². The smallest absolute Gasteiger partial charge is 0.153 e. The van der Waals surface area contributed by atoms with E-state index in [1.807, 2.05) is 6.26 Å². The van der Waals surface area contributed by atoms with E-state index >= 15 is 0 Å². The van der Waals surface area contributed by atoms with Crippen LogP contribution in [0.3, 0.4) is 0 Å². The van der Waals surface area contributed by atoms with Gasteiger partial charge < -0.3 is 11.5 Å². The SMILES string of the molecule is CSc1ccc(N)c(N)c1C=O. The van der Waals surface area contributed by atoms with Crippen LogP contribution in [0.4, 0.5) is 11.4 Å². The van der Waals surface area contributed by atoms with Gasteiger partial charge in [0.1, 0.15) is 0 Å². The molecule has 3 nitrogen and oxygen atoms in total. The van der Waals surface area contributed by atoms with Crippen LogP contribution in [0.25, 0.3) is 0 Å². The van der Waals surface area contributed by atoms with Gasteiger partial charge in [0.2, 0.25) is 0 Å². The van der Waals surface area contributed by atoms with E-state index in [1.54, 1.807) is 12.1 Å². The van der Waals surface area contributed by atoms with Crippen LogP contribution in [0.2, 0.25) is 0 Å². The number of rotatable bonds is 2. The van der Waals surface area contributed by atoms with Crippen molar-refractivity contribution in [3.63, 3.8) is 0 Å². The van der Waals surface area contributed by atoms with Gasteiger partial charge in [-0.3, -0.25) is 4.79 Å². The molecule has 12 heavy (non-hydrogen) atoms. The topological polar surface area (TPSA) is 69.1 Å². The van der Waals surface area contributed by atoms with Crippen molar-refractivity contribution in [1.82, 2.24) is 0 Å². The van der Waals surface area contributed by atoms with Gasteiger partial charge in [-0.1, -0.05) is 0 Å². The number of carbonyl (C=O) groups is 1. The minimum absolute atomic E-state index is 0.372. The first-order valence-electron chi connectivity index (χ1n) is 3.37. The monoisotopic (exact) mass is 182 g/mol. The second kappa shape index (κ2) is 3.49. The molecule has 0 saturated heterocycles. The maximum atomic E-state index is 10.6. The molecule has 0 radical (unpaired) electrons. The fourth-order valence-corrected chi connectivity index (χ4v) is 1.51. The first-order valence-corrected chi connectivity index (χ1v) is 4.60. The van der Waals surface area contributed by atoms with E-state index in [0.717, 1.165) is 11.2 Å². The molecular formula is C8H10N2OS. The molecule has 0 spiro atoms. The van der Waals surface area contributed by atoms with Gasteiger partial charge in [0.15, 0.2) is 6.29 Å². The summed E-state index contributed by atoms with van der Waals surface area (Å²) in [7, 11) is 0. The second-order valence-electron chi connectivity index (χ2n) is 2.30. The highest BCUT2D eigenvalue weighted by atomic mass is 32.2. The number of nitrogens with two attached hydrogens (primary N) is 2. The molecule has 0 aliphatic carbocycles. The fourth-order valence-electron chi connectivity index (χ4n) is 0.933. The molecule has 0 aromatic heterocycles. The summed E-state index contributed by atoms with van der Waals surface area (Å²) in [4.78, 5) is 11.5. The van der Waals surface area contributed by atoms with Gasteiger partial charge in [0.05, 0.1) is 16.9 Å². The average molecular weight is 182 g/mol. The predicted molar refractivity (Wildman–Crippen MR) is 52.4 cm³/mol. The third-order valence-corrected chi connectivity index (χ3v) is 2.41. The Morgan fingerprint density at radius 2 is 2.08 bits per heavy atom. The van der Waals surface area contributed by atoms with Crippen LogP contribution in [0.5, 0.6) is 0 Å². The Labute approximate surface area is 75.1 Å². The lowest BCUT2D eigenvalue weighted by molar-refractivity contribution is 0.112. The highest BCUT2D eigenvalue weighted by Crippen LogP contribution is 2.27. The van der Waals surface area contributed by atoms with Crippen LogP contribution in [0.1, 0.15) is 10.4 Å². The van der Waals surface area contributed by atoms with Crippen molar-refractivity contribution in [2.75, 3.05) is 17.7 Å². The molecule has 1 rings (SSSR count). The summed E-state index contributed by atoms with van der Waals surface area (Å²) >= 11 is 1.48. The number of benzene rings is 1. The van der Waals surface area contributed by atoms with E-state index in [1.165, 1.54) is 11.8 Å². The Hall–Kier alpha value is -1.16. The standard InChI is InChI=1S/C8H10N2OS/c1-12-7-3-2-6(9)8(10)5(7)4-11/h2-4H,9-10H2,1H3. The summed E-state index contributed by atoms with van der Waals surface area (Å²) in [5.41, 5.74) is 12.4. The molecular weight excluding hydrogens is 172 g/mol. The molecule has 64 valence electrons. The Morgan fingerprint density at radius 1 is 1.42 bits per heavy atom. The van der Waals surface area contributed by atoms with Crippen LogP contribution >= 0.6 is 11.8 Å². The zero-order valence-corrected chi connectivity index (χ0v) is 7.52. The number of thioether (sulfide) groups is 1. The molecule has 1 aromatic rings. The highest BCUT2D eigenvalue weighted by Gasteiger charge is 2.06. The van der Waals surface area contributed by atoms with Crippen LogP contribution in [0, 0.1) is 0 Å². The number of aldehydes is 1. The van der Waals surface area contributed by atoms with Gasteiger partial charge in [-0.25, -0.2) is 0 Å². The van der Waals surface area contributed by atoms with Gasteiger partial charge in [-0.2, -0.15) is 0 Å². The number of anilines is 2. The zero-order chi connectivity index (χ0) is 9.14. The third kappa shape index (κ3) is 1.38. The predicted octanol–water partition coefficient (Wildman–Crippen LogP) is 1.39. The summed E-state index contributed by atoms with van der Waals surface area (Å²) in [6.07, 6.45) is 2.62. The number of carbonyl (C=O) groups excluding carboxylic acids is 1. The Bertz CT molecular complexity index is 312. The van der Waals surface area contributed by atoms with E-state index in [-0.39, 0.29) is 0 Å². The lowest BCUT2D eigenvalue weighted by atomic mass is 10.2. The van der Waals surface area contributed by atoms with E-state index in [0.29, 0.717) is 16.9 Å². The summed E-state index contributed by atoms with van der Waals surface area (Å²) in [5, 5.41) is 0. The van der Waals surface area contributed by atoms with Crippen molar-refractivity contribution in [2.45, 2.75) is 4.90 Å². The second-order valence-corrected chi connectivity index (χ2v) is 3.15. The molecule has 0 atom stereocenters. The van der Waals surface area contributed by atoms with E-state index in [4.69, 9.17) is 11.5 Å². The van der Waals surface area contributed by atoms with Crippen LogP contribution < -0.4 is 11.5 Å². The lowest BCUT2D eigenvalue weighted by Crippen LogP contribution is -2.00. The summed E-state index contributed by atoms with van der Waals surface area (Å²) in [5.74, 6) is 0. The molecule has 0 fully saturated rings. The van der Waals surface area contributed by atoms with E-state index < -0.39 is 0 Å². The first-order chi connectivity index (χ1) is 5.70. The molecule has 4 heteroatoms. The molecule has 0 saturated carbocycles. The normalized spacial score (nSPS) is 9.75. The fraction of sp³-hybridized carbons (Fsp3) is 0.125. The van der Waals surface area contributed by atoms with Crippen LogP contribution in [-0.4, -0.2) is 12.5 Å². The third-order valence-electron chi connectivity index (χ3n) is 1.62. The van der Waals surface area contributed by atoms with Crippen molar-refractivity contribution in [3.05, 3.63) is 17.7 Å². The summed E-state index contributed by atoms with van der Waals surface area (Å²) in [6, 6.07) is 3.49. The molecule has 0 amide bonds. The van der Waals surface area contributed by atoms with Gasteiger partial charge in [-0.05, 0) is 18.4 Å². The van der Waals surface area contributed by atoms with Crippen molar-refractivity contribution in [3.8, 4) is 0 Å². The Balaban J connectivity index is 3.35. The molecule has 0 bridgehead atoms. The minimum Gasteiger partial charge on any atom is -0.397 e. The molecule has 0 aliphatic rings. The van der Waals surface area contributed by atoms with E-state index in [2.05, 4.69) is 0 Å². The number of nitrogen functional groups attached to an aromatic ring is 2. The van der Waals surface area contributed by atoms with Crippen LogP contribution in [-0.2, 0) is 0 Å². The average Bonchev–Trinajstić information content (AvgIpc) is 2.09. The van der Waals surface area contributed by atoms with Crippen molar-refractivity contribution in [1.29, 1.82) is 0 Å². The lowest BCUT2D eigenvalue weighted by Gasteiger charge is -2.06. The molecule has 4 N–H and O–H groups in total. The summed E-state index contributed by atoms with van der Waals surface area (Å²) < 4.78 is 0. The zero-order valence-electron chi connectivity index (χ0n) is 6.70. The van der Waals surface area contributed by atoms with Gasteiger partial charge in [0, 0.05) is 4.90 Å². The molecule has 0 unspecified atom stereocenters. The van der Waals surface area contributed by atoms with Crippen molar-refractivity contribution in [2.24, 2.45) is 0 Å². The first kappa shape index (κ1) is 8.93. The maximum absolute atomic E-state index is 10.6. The summed E-state index contributed by atoms with van der Waals surface area (Å²) in [6.45, 7) is 0. The van der Waals surface area contributed by atoms with Gasteiger partial charge >= 0.3 is 0 Å². The number of hydrogen-bond acceptors (Lipinski definition) is 4. The largest absolute Gasteiger partial charge is 0.397 e. The van der Waals surface area contributed by atoms with Gasteiger partial charge in [0.25, 0.3) is 0 Å². The minimum atomic E-state index is 0.372. The maximum Gasteiger partial charge on any atom is 0.153 e. The van der Waals surface area contributed by atoms with Crippen molar-refractivity contribution < 1.29 is 4.79 Å². The molecule has 0 aliphatic heterocycles. The molecule has 0 heterocycles.